The fourth-order valence-electron chi connectivity index (χ4n) is 5.44. The summed E-state index contributed by atoms with van der Waals surface area (Å²) in [5.74, 6) is -0.213. The number of anilines is 1. The van der Waals surface area contributed by atoms with Gasteiger partial charge in [0.1, 0.15) is 16.8 Å². The molecule has 6 rings (SSSR count). The Kier molecular flexibility index (Phi) is 6.70. The minimum Gasteiger partial charge on any atom is -0.451 e. The third-order valence-electron chi connectivity index (χ3n) is 7.65. The topological polar surface area (TPSA) is 76.0 Å². The Balaban J connectivity index is 1.55. The number of carbonyl (C=O) groups excluding carboxylic acids is 1. The third-order valence-corrected chi connectivity index (χ3v) is 7.65. The first-order valence-corrected chi connectivity index (χ1v) is 13.5. The molecule has 9 heteroatoms. The van der Waals surface area contributed by atoms with E-state index >= 15 is 4.39 Å². The molecule has 3 heterocycles. The van der Waals surface area contributed by atoms with Crippen molar-refractivity contribution in [2.24, 2.45) is 0 Å². The number of hydrogen-bond donors (Lipinski definition) is 1. The van der Waals surface area contributed by atoms with Gasteiger partial charge in [0.15, 0.2) is 17.3 Å². The van der Waals surface area contributed by atoms with Crippen LogP contribution in [-0.4, -0.2) is 72.8 Å². The standard InChI is InChI=1S/C30H31FN4O4/c1-3-33(4-2)10-9-32-26-23(31)17-21-27-29(26)39-25-16-20-8-6-5-7-19(20)15-24(25)35(27)18-22(28(21)36)30(37)34-11-13-38-14-12-34/h5-8,15-18,32H,3-4,9-14H2,1-2H3. The number of ether oxygens (including phenoxy) is 2. The number of carbonyl (C=O) groups is 1. The lowest BCUT2D eigenvalue weighted by molar-refractivity contribution is 0.0302. The summed E-state index contributed by atoms with van der Waals surface area (Å²) in [5, 5.41) is 5.27. The lowest BCUT2D eigenvalue weighted by atomic mass is 10.0. The van der Waals surface area contributed by atoms with Crippen LogP contribution in [0.2, 0.25) is 0 Å². The predicted octanol–water partition coefficient (Wildman–Crippen LogP) is 4.61. The molecule has 1 N–H and O–H groups in total. The highest BCUT2D eigenvalue weighted by Crippen LogP contribution is 2.46. The van der Waals surface area contributed by atoms with Gasteiger partial charge in [-0.05, 0) is 42.1 Å². The normalized spacial score (nSPS) is 14.5. The van der Waals surface area contributed by atoms with Gasteiger partial charge in [-0.25, -0.2) is 4.39 Å². The van der Waals surface area contributed by atoms with Crippen molar-refractivity contribution in [3.63, 3.8) is 0 Å². The van der Waals surface area contributed by atoms with Gasteiger partial charge in [0.2, 0.25) is 5.43 Å². The molecular weight excluding hydrogens is 499 g/mol. The monoisotopic (exact) mass is 530 g/mol. The number of halogens is 1. The van der Waals surface area contributed by atoms with Crippen LogP contribution in [-0.2, 0) is 4.74 Å². The van der Waals surface area contributed by atoms with E-state index in [9.17, 15) is 9.59 Å². The van der Waals surface area contributed by atoms with Crippen LogP contribution in [0.4, 0.5) is 10.1 Å². The molecule has 8 nitrogen and oxygen atoms in total. The number of morpholine rings is 1. The highest BCUT2D eigenvalue weighted by atomic mass is 19.1. The van der Waals surface area contributed by atoms with Crippen LogP contribution in [0.25, 0.3) is 27.4 Å². The Morgan fingerprint density at radius 1 is 1.08 bits per heavy atom. The second kappa shape index (κ2) is 10.3. The van der Waals surface area contributed by atoms with Crippen LogP contribution >= 0.6 is 0 Å². The Morgan fingerprint density at radius 2 is 1.79 bits per heavy atom. The number of nitrogens with one attached hydrogen (secondary N) is 1. The van der Waals surface area contributed by atoms with Crippen molar-refractivity contribution in [1.29, 1.82) is 0 Å². The highest BCUT2D eigenvalue weighted by molar-refractivity contribution is 6.02. The first-order chi connectivity index (χ1) is 19.0. The summed E-state index contributed by atoms with van der Waals surface area (Å²) in [5.41, 5.74) is 0.809. The fourth-order valence-corrected chi connectivity index (χ4v) is 5.44. The summed E-state index contributed by atoms with van der Waals surface area (Å²) >= 11 is 0. The van der Waals surface area contributed by atoms with Gasteiger partial charge in [0.25, 0.3) is 5.91 Å². The second-order valence-corrected chi connectivity index (χ2v) is 9.83. The molecule has 39 heavy (non-hydrogen) atoms. The Bertz CT molecular complexity index is 1640. The SMILES string of the molecule is CCN(CC)CCNc1c(F)cc2c(=O)c(C(=O)N3CCOCC3)cn3c2c1Oc1cc2ccccc2cc1-3. The molecule has 0 atom stereocenters. The minimum atomic E-state index is -0.596. The van der Waals surface area contributed by atoms with Crippen LogP contribution in [0.5, 0.6) is 11.5 Å². The van der Waals surface area contributed by atoms with Gasteiger partial charge >= 0.3 is 0 Å². The van der Waals surface area contributed by atoms with Crippen molar-refractivity contribution in [2.45, 2.75) is 13.8 Å². The molecular formula is C30H31FN4O4. The average Bonchev–Trinajstić information content (AvgIpc) is 2.97. The van der Waals surface area contributed by atoms with E-state index in [1.165, 1.54) is 6.07 Å². The van der Waals surface area contributed by atoms with Gasteiger partial charge in [-0.15, -0.1) is 0 Å². The lowest BCUT2D eigenvalue weighted by Gasteiger charge is -2.29. The van der Waals surface area contributed by atoms with E-state index in [1.54, 1.807) is 15.7 Å². The number of pyridine rings is 1. The summed E-state index contributed by atoms with van der Waals surface area (Å²) in [4.78, 5) is 31.0. The zero-order valence-electron chi connectivity index (χ0n) is 22.1. The van der Waals surface area contributed by atoms with E-state index in [4.69, 9.17) is 9.47 Å². The first-order valence-electron chi connectivity index (χ1n) is 13.5. The van der Waals surface area contributed by atoms with Gasteiger partial charge in [-0.1, -0.05) is 38.1 Å². The van der Waals surface area contributed by atoms with E-state index in [0.717, 1.165) is 30.4 Å². The molecule has 1 fully saturated rings. The van der Waals surface area contributed by atoms with E-state index < -0.39 is 11.2 Å². The number of benzene rings is 3. The summed E-state index contributed by atoms with van der Waals surface area (Å²) in [7, 11) is 0. The molecule has 0 radical (unpaired) electrons. The Labute approximate surface area is 225 Å². The Morgan fingerprint density at radius 3 is 2.51 bits per heavy atom. The number of nitrogens with zero attached hydrogens (tertiary/aromatic N) is 3. The van der Waals surface area contributed by atoms with Crippen molar-refractivity contribution >= 4 is 33.3 Å². The number of fused-ring (bicyclic) bond motifs is 3. The van der Waals surface area contributed by atoms with Crippen LogP contribution in [0.1, 0.15) is 24.2 Å². The molecule has 2 aliphatic heterocycles. The number of amides is 1. The molecule has 0 unspecified atom stereocenters. The van der Waals surface area contributed by atoms with E-state index in [-0.39, 0.29) is 28.3 Å². The molecule has 0 spiro atoms. The van der Waals surface area contributed by atoms with Gasteiger partial charge in [0.05, 0.1) is 24.3 Å². The van der Waals surface area contributed by atoms with Gasteiger partial charge < -0.3 is 29.2 Å². The average molecular weight is 531 g/mol. The maximum absolute atomic E-state index is 15.7. The molecule has 3 aromatic carbocycles. The van der Waals surface area contributed by atoms with E-state index in [0.29, 0.717) is 49.8 Å². The van der Waals surface area contributed by atoms with Gasteiger partial charge in [0, 0.05) is 32.4 Å². The summed E-state index contributed by atoms with van der Waals surface area (Å²) in [6.45, 7) is 8.81. The predicted molar refractivity (Wildman–Crippen MR) is 150 cm³/mol. The zero-order valence-corrected chi connectivity index (χ0v) is 22.1. The van der Waals surface area contributed by atoms with Crippen molar-refractivity contribution in [2.75, 3.05) is 57.8 Å². The summed E-state index contributed by atoms with van der Waals surface area (Å²) in [6, 6.07) is 13.0. The molecule has 2 aliphatic rings. The molecule has 1 aromatic heterocycles. The molecule has 202 valence electrons. The number of hydrogen-bond acceptors (Lipinski definition) is 6. The maximum Gasteiger partial charge on any atom is 0.259 e. The van der Waals surface area contributed by atoms with Crippen LogP contribution in [0.3, 0.4) is 0 Å². The fraction of sp³-hybridized carbons (Fsp3) is 0.333. The van der Waals surface area contributed by atoms with Crippen molar-refractivity contribution in [3.05, 3.63) is 70.3 Å². The second-order valence-electron chi connectivity index (χ2n) is 9.83. The molecule has 0 saturated carbocycles. The Hall–Kier alpha value is -3.95. The molecule has 0 bridgehead atoms. The summed E-state index contributed by atoms with van der Waals surface area (Å²) in [6.07, 6.45) is 1.58. The molecule has 4 aromatic rings. The number of likely N-dealkylation sites (N-methyl/N-ethyl adjacent to an activating group) is 1. The molecule has 1 saturated heterocycles. The van der Waals surface area contributed by atoms with Crippen LogP contribution in [0, 0.1) is 5.82 Å². The number of rotatable bonds is 7. The first kappa shape index (κ1) is 25.3. The molecule has 1 amide bonds. The third kappa shape index (κ3) is 4.41. The lowest BCUT2D eigenvalue weighted by Crippen LogP contribution is -2.42. The minimum absolute atomic E-state index is 0.00185. The van der Waals surface area contributed by atoms with E-state index in [1.807, 2.05) is 36.4 Å². The van der Waals surface area contributed by atoms with Crippen molar-refractivity contribution in [3.8, 4) is 17.2 Å². The van der Waals surface area contributed by atoms with Crippen molar-refractivity contribution in [1.82, 2.24) is 14.4 Å². The quantitative estimate of drug-likeness (QED) is 0.331. The zero-order chi connectivity index (χ0) is 27.1. The smallest absolute Gasteiger partial charge is 0.259 e. The summed E-state index contributed by atoms with van der Waals surface area (Å²) < 4.78 is 29.2. The largest absolute Gasteiger partial charge is 0.451 e. The van der Waals surface area contributed by atoms with Gasteiger partial charge in [-0.2, -0.15) is 0 Å². The van der Waals surface area contributed by atoms with Crippen LogP contribution < -0.4 is 15.5 Å². The number of aromatic nitrogens is 1. The van der Waals surface area contributed by atoms with Gasteiger partial charge in [-0.3, -0.25) is 9.59 Å². The molecule has 0 aliphatic carbocycles. The maximum atomic E-state index is 15.7. The van der Waals surface area contributed by atoms with E-state index in [2.05, 4.69) is 24.1 Å². The highest BCUT2D eigenvalue weighted by Gasteiger charge is 2.30. The van der Waals surface area contributed by atoms with Crippen LogP contribution in [0.15, 0.2) is 53.5 Å². The van der Waals surface area contributed by atoms with Crippen molar-refractivity contribution < 1.29 is 18.7 Å².